The molecule has 164 valence electrons. The number of rotatable bonds is 8. The number of halogens is 1. The summed E-state index contributed by atoms with van der Waals surface area (Å²) < 4.78 is 37.1. The molecule has 0 aromatic heterocycles. The van der Waals surface area contributed by atoms with E-state index in [2.05, 4.69) is 21.3 Å². The summed E-state index contributed by atoms with van der Waals surface area (Å²) >= 11 is 0. The van der Waals surface area contributed by atoms with Crippen molar-refractivity contribution in [2.75, 3.05) is 65.3 Å². The number of nitrogens with one attached hydrogen (secondary N) is 1. The van der Waals surface area contributed by atoms with Gasteiger partial charge in [-0.1, -0.05) is 11.6 Å². The predicted octanol–water partition coefficient (Wildman–Crippen LogP) is 1.29. The quantitative estimate of drug-likeness (QED) is 0.221. The molecule has 2 heterocycles. The van der Waals surface area contributed by atoms with Crippen molar-refractivity contribution in [3.8, 4) is 0 Å². The van der Waals surface area contributed by atoms with Gasteiger partial charge in [0.15, 0.2) is 5.96 Å². The summed E-state index contributed by atoms with van der Waals surface area (Å²) in [6.07, 6.45) is 4.17. The van der Waals surface area contributed by atoms with Gasteiger partial charge in [0, 0.05) is 39.8 Å². The molecule has 0 spiro atoms. The lowest BCUT2D eigenvalue weighted by molar-refractivity contribution is 0.0904. The van der Waals surface area contributed by atoms with Crippen molar-refractivity contribution in [3.05, 3.63) is 11.6 Å². The van der Waals surface area contributed by atoms with E-state index in [0.29, 0.717) is 32.8 Å². The number of ether oxygens (including phenoxy) is 2. The van der Waals surface area contributed by atoms with Gasteiger partial charge in [0.2, 0.25) is 10.0 Å². The molecule has 0 unspecified atom stereocenters. The van der Waals surface area contributed by atoms with E-state index in [4.69, 9.17) is 9.47 Å². The number of nitrogens with zero attached hydrogens (tertiary/aromatic N) is 3. The fourth-order valence-electron chi connectivity index (χ4n) is 3.16. The Morgan fingerprint density at radius 2 is 2.04 bits per heavy atom. The first-order chi connectivity index (χ1) is 12.9. The molecule has 0 amide bonds. The third-order valence-electron chi connectivity index (χ3n) is 4.72. The SMILES string of the molecule is CN=C(NCCC1=CCOCC1)N1CCN(S(=O)(=O)CCOC(C)C)CC1.I. The Morgan fingerprint density at radius 3 is 2.61 bits per heavy atom. The van der Waals surface area contributed by atoms with Gasteiger partial charge in [-0.15, -0.1) is 24.0 Å². The molecular weight excluding hydrogens is 495 g/mol. The van der Waals surface area contributed by atoms with E-state index >= 15 is 0 Å². The summed E-state index contributed by atoms with van der Waals surface area (Å²) in [5, 5.41) is 3.39. The molecule has 0 atom stereocenters. The molecule has 0 saturated carbocycles. The highest BCUT2D eigenvalue weighted by atomic mass is 127. The van der Waals surface area contributed by atoms with Gasteiger partial charge >= 0.3 is 0 Å². The zero-order valence-electron chi connectivity index (χ0n) is 17.2. The highest BCUT2D eigenvalue weighted by Gasteiger charge is 2.27. The van der Waals surface area contributed by atoms with Crippen LogP contribution in [0.4, 0.5) is 0 Å². The Hall–Kier alpha value is -0.430. The Morgan fingerprint density at radius 1 is 1.32 bits per heavy atom. The van der Waals surface area contributed by atoms with Gasteiger partial charge in [-0.25, -0.2) is 8.42 Å². The Kier molecular flexibility index (Phi) is 11.9. The fraction of sp³-hybridized carbons (Fsp3) is 0.833. The van der Waals surface area contributed by atoms with Gasteiger partial charge < -0.3 is 19.7 Å². The Bertz CT molecular complexity index is 617. The lowest BCUT2D eigenvalue weighted by Crippen LogP contribution is -2.54. The molecule has 0 aromatic rings. The molecule has 2 rings (SSSR count). The Balaban J connectivity index is 0.00000392. The largest absolute Gasteiger partial charge is 0.378 e. The van der Waals surface area contributed by atoms with Crippen LogP contribution in [0.2, 0.25) is 0 Å². The minimum atomic E-state index is -3.26. The smallest absolute Gasteiger partial charge is 0.216 e. The van der Waals surface area contributed by atoms with Crippen molar-refractivity contribution in [3.63, 3.8) is 0 Å². The summed E-state index contributed by atoms with van der Waals surface area (Å²) in [7, 11) is -1.50. The molecule has 8 nitrogen and oxygen atoms in total. The van der Waals surface area contributed by atoms with Crippen LogP contribution in [0.5, 0.6) is 0 Å². The normalized spacial score (nSPS) is 19.4. The maximum absolute atomic E-state index is 12.4. The molecule has 0 aromatic carbocycles. The van der Waals surface area contributed by atoms with Crippen LogP contribution in [0.1, 0.15) is 26.7 Å². The van der Waals surface area contributed by atoms with Gasteiger partial charge in [-0.3, -0.25) is 4.99 Å². The van der Waals surface area contributed by atoms with Crippen molar-refractivity contribution in [2.24, 2.45) is 4.99 Å². The first-order valence-corrected chi connectivity index (χ1v) is 11.3. The third kappa shape index (κ3) is 8.52. The van der Waals surface area contributed by atoms with E-state index in [1.165, 1.54) is 5.57 Å². The minimum Gasteiger partial charge on any atom is -0.378 e. The molecule has 10 heteroatoms. The van der Waals surface area contributed by atoms with E-state index in [0.717, 1.165) is 32.0 Å². The van der Waals surface area contributed by atoms with Gasteiger partial charge in [0.05, 0.1) is 31.7 Å². The first kappa shape index (κ1) is 25.6. The standard InChI is InChI=1S/C18H34N4O4S.HI/c1-16(2)26-14-15-27(23,24)22-10-8-21(9-11-22)18(19-3)20-7-4-17-5-12-25-13-6-17;/h5,16H,4,6-15H2,1-3H3,(H,19,20);1H. The topological polar surface area (TPSA) is 83.5 Å². The molecule has 0 bridgehead atoms. The summed E-state index contributed by atoms with van der Waals surface area (Å²) in [5.74, 6) is 0.875. The highest BCUT2D eigenvalue weighted by molar-refractivity contribution is 14.0. The Labute approximate surface area is 186 Å². The zero-order valence-corrected chi connectivity index (χ0v) is 20.4. The van der Waals surface area contributed by atoms with E-state index in [9.17, 15) is 8.42 Å². The van der Waals surface area contributed by atoms with Crippen molar-refractivity contribution < 1.29 is 17.9 Å². The molecule has 2 aliphatic rings. The van der Waals surface area contributed by atoms with Crippen molar-refractivity contribution >= 4 is 40.0 Å². The predicted molar refractivity (Wildman–Crippen MR) is 123 cm³/mol. The lowest BCUT2D eigenvalue weighted by Gasteiger charge is -2.36. The number of hydrogen-bond acceptors (Lipinski definition) is 5. The molecule has 0 aliphatic carbocycles. The maximum atomic E-state index is 12.4. The fourth-order valence-corrected chi connectivity index (χ4v) is 4.44. The van der Waals surface area contributed by atoms with E-state index < -0.39 is 10.0 Å². The molecule has 1 fully saturated rings. The molecular formula is C18H35IN4O4S. The summed E-state index contributed by atoms with van der Waals surface area (Å²) in [6.45, 7) is 8.63. The first-order valence-electron chi connectivity index (χ1n) is 9.73. The number of aliphatic imine (C=N–C) groups is 1. The number of hydrogen-bond donors (Lipinski definition) is 1. The second-order valence-corrected chi connectivity index (χ2v) is 9.12. The van der Waals surface area contributed by atoms with Gasteiger partial charge in [0.25, 0.3) is 0 Å². The third-order valence-corrected chi connectivity index (χ3v) is 6.56. The van der Waals surface area contributed by atoms with Gasteiger partial charge in [0.1, 0.15) is 0 Å². The second kappa shape index (κ2) is 13.0. The minimum absolute atomic E-state index is 0. The highest BCUT2D eigenvalue weighted by Crippen LogP contribution is 2.12. The van der Waals surface area contributed by atoms with Crippen LogP contribution < -0.4 is 5.32 Å². The van der Waals surface area contributed by atoms with E-state index in [1.807, 2.05) is 13.8 Å². The van der Waals surface area contributed by atoms with Gasteiger partial charge in [-0.2, -0.15) is 4.31 Å². The average Bonchev–Trinajstić information content (AvgIpc) is 2.66. The second-order valence-electron chi connectivity index (χ2n) is 7.03. The van der Waals surface area contributed by atoms with Crippen LogP contribution in [-0.4, -0.2) is 95.0 Å². The maximum Gasteiger partial charge on any atom is 0.216 e. The van der Waals surface area contributed by atoms with Crippen molar-refractivity contribution in [2.45, 2.75) is 32.8 Å². The van der Waals surface area contributed by atoms with Gasteiger partial charge in [-0.05, 0) is 26.7 Å². The van der Waals surface area contributed by atoms with Crippen molar-refractivity contribution in [1.82, 2.24) is 14.5 Å². The molecule has 28 heavy (non-hydrogen) atoms. The molecule has 2 aliphatic heterocycles. The summed E-state index contributed by atoms with van der Waals surface area (Å²) in [6, 6.07) is 0. The summed E-state index contributed by atoms with van der Waals surface area (Å²) in [5.41, 5.74) is 1.42. The zero-order chi connectivity index (χ0) is 19.7. The van der Waals surface area contributed by atoms with Crippen LogP contribution in [0.3, 0.4) is 0 Å². The molecule has 1 N–H and O–H groups in total. The number of sulfonamides is 1. The molecule has 1 saturated heterocycles. The van der Waals surface area contributed by atoms with Crippen molar-refractivity contribution in [1.29, 1.82) is 0 Å². The van der Waals surface area contributed by atoms with Crippen LogP contribution in [0.25, 0.3) is 0 Å². The van der Waals surface area contributed by atoms with E-state index in [1.54, 1.807) is 11.4 Å². The lowest BCUT2D eigenvalue weighted by atomic mass is 10.1. The van der Waals surface area contributed by atoms with Crippen LogP contribution >= 0.6 is 24.0 Å². The van der Waals surface area contributed by atoms with Crippen LogP contribution in [0.15, 0.2) is 16.6 Å². The summed E-state index contributed by atoms with van der Waals surface area (Å²) in [4.78, 5) is 6.47. The monoisotopic (exact) mass is 530 g/mol. The number of piperazine rings is 1. The average molecular weight is 530 g/mol. The number of guanidine groups is 1. The van der Waals surface area contributed by atoms with Crippen LogP contribution in [0, 0.1) is 0 Å². The van der Waals surface area contributed by atoms with Crippen LogP contribution in [-0.2, 0) is 19.5 Å². The van der Waals surface area contributed by atoms with E-state index in [-0.39, 0.29) is 42.4 Å². The molecule has 0 radical (unpaired) electrons.